The van der Waals surface area contributed by atoms with E-state index in [1.54, 1.807) is 11.5 Å². The summed E-state index contributed by atoms with van der Waals surface area (Å²) in [5.41, 5.74) is 1.95. The number of nitrogens with zero attached hydrogens (tertiary/aromatic N) is 2. The summed E-state index contributed by atoms with van der Waals surface area (Å²) in [5, 5.41) is 11.3. The Labute approximate surface area is 148 Å². The van der Waals surface area contributed by atoms with Gasteiger partial charge >= 0.3 is 0 Å². The highest BCUT2D eigenvalue weighted by Gasteiger charge is 2.17. The summed E-state index contributed by atoms with van der Waals surface area (Å²) in [7, 11) is 0. The number of benzene rings is 2. The molecule has 5 heteroatoms. The van der Waals surface area contributed by atoms with E-state index in [9.17, 15) is 9.90 Å². The molecule has 0 aliphatic heterocycles. The van der Waals surface area contributed by atoms with Gasteiger partial charge in [0.2, 0.25) is 0 Å². The summed E-state index contributed by atoms with van der Waals surface area (Å²) in [6, 6.07) is 14.8. The molecule has 1 N–H and O–H groups in total. The molecule has 0 saturated carbocycles. The van der Waals surface area contributed by atoms with Crippen LogP contribution in [0.25, 0.3) is 10.9 Å². The Morgan fingerprint density at radius 3 is 2.67 bits per heavy atom. The molecule has 3 aromatic rings. The van der Waals surface area contributed by atoms with Crippen LogP contribution in [0.1, 0.15) is 19.4 Å². The fourth-order valence-corrected chi connectivity index (χ4v) is 3.21. The van der Waals surface area contributed by atoms with Crippen molar-refractivity contribution < 1.29 is 5.11 Å². The molecule has 4 nitrogen and oxygen atoms in total. The molecular weight excluding hydrogens is 368 g/mol. The standard InChI is InChI=1S/C19H17BrN2O2/c1-3-22-16-10-5-4-9-15(16)18(23)17(19(22)24)12(2)21-14-8-6-7-13(20)11-14/h4-11,23H,3H2,1-2H3. The van der Waals surface area contributed by atoms with E-state index in [0.29, 0.717) is 17.6 Å². The first-order chi connectivity index (χ1) is 11.5. The van der Waals surface area contributed by atoms with Crippen LogP contribution in [0.2, 0.25) is 0 Å². The number of aromatic hydroxyl groups is 1. The Hall–Kier alpha value is -2.40. The van der Waals surface area contributed by atoms with Gasteiger partial charge in [-0.2, -0.15) is 0 Å². The van der Waals surface area contributed by atoms with Crippen LogP contribution in [-0.2, 0) is 6.54 Å². The lowest BCUT2D eigenvalue weighted by Crippen LogP contribution is -2.25. The topological polar surface area (TPSA) is 54.6 Å². The van der Waals surface area contributed by atoms with E-state index >= 15 is 0 Å². The van der Waals surface area contributed by atoms with Crippen LogP contribution in [0.4, 0.5) is 5.69 Å². The third kappa shape index (κ3) is 2.87. The molecule has 0 spiro atoms. The van der Waals surface area contributed by atoms with Crippen molar-refractivity contribution >= 4 is 38.2 Å². The normalized spacial score (nSPS) is 11.9. The molecule has 1 heterocycles. The first-order valence-electron chi connectivity index (χ1n) is 7.68. The molecule has 1 aromatic heterocycles. The average molecular weight is 385 g/mol. The van der Waals surface area contributed by atoms with Crippen molar-refractivity contribution in [2.24, 2.45) is 4.99 Å². The molecule has 2 aromatic carbocycles. The second kappa shape index (κ2) is 6.61. The molecule has 0 aliphatic rings. The second-order valence-electron chi connectivity index (χ2n) is 5.47. The van der Waals surface area contributed by atoms with E-state index in [2.05, 4.69) is 20.9 Å². The Bertz CT molecular complexity index is 1010. The summed E-state index contributed by atoms with van der Waals surface area (Å²) in [4.78, 5) is 17.4. The zero-order chi connectivity index (χ0) is 17.3. The van der Waals surface area contributed by atoms with Crippen LogP contribution in [0.3, 0.4) is 0 Å². The van der Waals surface area contributed by atoms with Gasteiger partial charge in [-0.05, 0) is 44.2 Å². The maximum Gasteiger partial charge on any atom is 0.263 e. The van der Waals surface area contributed by atoms with Crippen molar-refractivity contribution in [3.8, 4) is 5.75 Å². The van der Waals surface area contributed by atoms with Gasteiger partial charge in [0.1, 0.15) is 11.3 Å². The third-order valence-corrected chi connectivity index (χ3v) is 4.42. The van der Waals surface area contributed by atoms with Gasteiger partial charge in [0.15, 0.2) is 0 Å². The highest BCUT2D eigenvalue weighted by Crippen LogP contribution is 2.28. The first kappa shape index (κ1) is 16.5. The molecule has 0 bridgehead atoms. The lowest BCUT2D eigenvalue weighted by atomic mass is 10.1. The molecule has 3 rings (SSSR count). The molecular formula is C19H17BrN2O2. The number of aliphatic imine (C=N–C) groups is 1. The number of para-hydroxylation sites is 1. The van der Waals surface area contributed by atoms with E-state index in [-0.39, 0.29) is 16.9 Å². The SMILES string of the molecule is CCn1c(=O)c(C(C)=Nc2cccc(Br)c2)c(O)c2ccccc21. The summed E-state index contributed by atoms with van der Waals surface area (Å²) >= 11 is 3.41. The fraction of sp³-hybridized carbons (Fsp3) is 0.158. The Balaban J connectivity index is 2.28. The van der Waals surface area contributed by atoms with Crippen molar-refractivity contribution in [2.45, 2.75) is 20.4 Å². The van der Waals surface area contributed by atoms with Crippen LogP contribution in [0, 0.1) is 0 Å². The van der Waals surface area contributed by atoms with Gasteiger partial charge in [-0.25, -0.2) is 0 Å². The minimum absolute atomic E-state index is 0.0171. The van der Waals surface area contributed by atoms with Gasteiger partial charge in [0, 0.05) is 16.4 Å². The van der Waals surface area contributed by atoms with Crippen molar-refractivity contribution in [3.05, 3.63) is 68.9 Å². The molecule has 24 heavy (non-hydrogen) atoms. The molecule has 0 saturated heterocycles. The first-order valence-corrected chi connectivity index (χ1v) is 8.48. The molecule has 0 amide bonds. The number of pyridine rings is 1. The summed E-state index contributed by atoms with van der Waals surface area (Å²) < 4.78 is 2.56. The minimum Gasteiger partial charge on any atom is -0.506 e. The molecule has 0 aliphatic carbocycles. The van der Waals surface area contributed by atoms with E-state index in [1.165, 1.54) is 0 Å². The molecule has 0 atom stereocenters. The van der Waals surface area contributed by atoms with Crippen LogP contribution in [0.15, 0.2) is 62.8 Å². The van der Waals surface area contributed by atoms with Gasteiger partial charge in [-0.15, -0.1) is 0 Å². The van der Waals surface area contributed by atoms with Gasteiger partial charge in [0.25, 0.3) is 5.56 Å². The predicted octanol–water partition coefficient (Wildman–Crippen LogP) is 4.63. The second-order valence-corrected chi connectivity index (χ2v) is 6.38. The van der Waals surface area contributed by atoms with Crippen LogP contribution < -0.4 is 5.56 Å². The van der Waals surface area contributed by atoms with Gasteiger partial charge in [0.05, 0.1) is 16.9 Å². The number of aromatic nitrogens is 1. The highest BCUT2D eigenvalue weighted by atomic mass is 79.9. The van der Waals surface area contributed by atoms with Crippen LogP contribution in [0.5, 0.6) is 5.75 Å². The number of halogens is 1. The number of hydrogen-bond donors (Lipinski definition) is 1. The zero-order valence-corrected chi connectivity index (χ0v) is 15.0. The van der Waals surface area contributed by atoms with Gasteiger partial charge < -0.3 is 9.67 Å². The molecule has 0 unspecified atom stereocenters. The van der Waals surface area contributed by atoms with Crippen LogP contribution >= 0.6 is 15.9 Å². The Morgan fingerprint density at radius 2 is 1.96 bits per heavy atom. The largest absolute Gasteiger partial charge is 0.506 e. The maximum atomic E-state index is 12.8. The van der Waals surface area contributed by atoms with Gasteiger partial charge in [-0.3, -0.25) is 9.79 Å². The number of fused-ring (bicyclic) bond motifs is 1. The number of aryl methyl sites for hydroxylation is 1. The monoisotopic (exact) mass is 384 g/mol. The Kier molecular flexibility index (Phi) is 4.53. The summed E-state index contributed by atoms with van der Waals surface area (Å²) in [5.74, 6) is -0.0171. The minimum atomic E-state index is -0.232. The zero-order valence-electron chi connectivity index (χ0n) is 13.5. The van der Waals surface area contributed by atoms with E-state index < -0.39 is 0 Å². The lowest BCUT2D eigenvalue weighted by Gasteiger charge is -2.13. The quantitative estimate of drug-likeness (QED) is 0.669. The third-order valence-electron chi connectivity index (χ3n) is 3.93. The van der Waals surface area contributed by atoms with Crippen molar-refractivity contribution in [1.82, 2.24) is 4.57 Å². The Morgan fingerprint density at radius 1 is 1.21 bits per heavy atom. The summed E-state index contributed by atoms with van der Waals surface area (Å²) in [6.07, 6.45) is 0. The molecule has 0 radical (unpaired) electrons. The number of rotatable bonds is 3. The smallest absolute Gasteiger partial charge is 0.263 e. The van der Waals surface area contributed by atoms with Crippen LogP contribution in [-0.4, -0.2) is 15.4 Å². The lowest BCUT2D eigenvalue weighted by molar-refractivity contribution is 0.477. The maximum absolute atomic E-state index is 12.8. The number of hydrogen-bond acceptors (Lipinski definition) is 3. The van der Waals surface area contributed by atoms with Crippen molar-refractivity contribution in [3.63, 3.8) is 0 Å². The van der Waals surface area contributed by atoms with E-state index in [4.69, 9.17) is 0 Å². The van der Waals surface area contributed by atoms with Gasteiger partial charge in [-0.1, -0.05) is 34.1 Å². The average Bonchev–Trinajstić information content (AvgIpc) is 2.55. The van der Waals surface area contributed by atoms with E-state index in [0.717, 1.165) is 15.7 Å². The molecule has 122 valence electrons. The predicted molar refractivity (Wildman–Crippen MR) is 102 cm³/mol. The van der Waals surface area contributed by atoms with Crippen molar-refractivity contribution in [1.29, 1.82) is 0 Å². The van der Waals surface area contributed by atoms with E-state index in [1.807, 2.05) is 55.5 Å². The summed E-state index contributed by atoms with van der Waals surface area (Å²) in [6.45, 7) is 4.18. The fourth-order valence-electron chi connectivity index (χ4n) is 2.82. The highest BCUT2D eigenvalue weighted by molar-refractivity contribution is 9.10. The van der Waals surface area contributed by atoms with Crippen molar-refractivity contribution in [2.75, 3.05) is 0 Å². The molecule has 0 fully saturated rings.